The van der Waals surface area contributed by atoms with Gasteiger partial charge in [0.05, 0.1) is 0 Å². The minimum Gasteiger partial charge on any atom is -0.489 e. The maximum Gasteiger partial charge on any atom is 0.120 e. The Bertz CT molecular complexity index is 586. The molecule has 0 aliphatic carbocycles. The molecule has 0 amide bonds. The number of benzene rings is 2. The van der Waals surface area contributed by atoms with Crippen molar-refractivity contribution in [2.75, 3.05) is 0 Å². The number of hydrogen-bond donors (Lipinski definition) is 1. The van der Waals surface area contributed by atoms with Crippen LogP contribution in [0.2, 0.25) is 5.02 Å². The van der Waals surface area contributed by atoms with Gasteiger partial charge in [-0.05, 0) is 42.3 Å². The first-order valence-corrected chi connectivity index (χ1v) is 7.13. The Morgan fingerprint density at radius 2 is 2.00 bits per heavy atom. The van der Waals surface area contributed by atoms with Crippen molar-refractivity contribution in [2.24, 2.45) is 5.73 Å². The lowest BCUT2D eigenvalue weighted by atomic mass is 10.1. The number of ether oxygens (including phenoxy) is 1. The summed E-state index contributed by atoms with van der Waals surface area (Å²) in [6, 6.07) is 11.7. The van der Waals surface area contributed by atoms with Crippen LogP contribution in [0.25, 0.3) is 0 Å². The summed E-state index contributed by atoms with van der Waals surface area (Å²) in [5.41, 5.74) is 8.79. The van der Waals surface area contributed by atoms with E-state index in [0.717, 1.165) is 31.9 Å². The maximum absolute atomic E-state index is 5.98. The highest BCUT2D eigenvalue weighted by molar-refractivity contribution is 9.10. The first kappa shape index (κ1) is 14.4. The molecule has 2 aromatic rings. The third kappa shape index (κ3) is 3.72. The van der Waals surface area contributed by atoms with Crippen molar-refractivity contribution >= 4 is 27.5 Å². The monoisotopic (exact) mass is 339 g/mol. The molecule has 0 aliphatic heterocycles. The van der Waals surface area contributed by atoms with E-state index in [1.165, 1.54) is 0 Å². The van der Waals surface area contributed by atoms with Crippen molar-refractivity contribution in [1.82, 2.24) is 0 Å². The Balaban J connectivity index is 2.07. The predicted molar refractivity (Wildman–Crippen MR) is 82.6 cm³/mol. The molecule has 0 bridgehead atoms. The molecule has 0 aliphatic rings. The third-order valence-electron chi connectivity index (χ3n) is 2.88. The van der Waals surface area contributed by atoms with E-state index < -0.39 is 0 Å². The summed E-state index contributed by atoms with van der Waals surface area (Å²) in [5, 5.41) is 0.751. The Morgan fingerprint density at radius 3 is 2.63 bits per heavy atom. The van der Waals surface area contributed by atoms with Gasteiger partial charge in [0, 0.05) is 21.6 Å². The van der Waals surface area contributed by atoms with Gasteiger partial charge in [0.25, 0.3) is 0 Å². The zero-order valence-corrected chi connectivity index (χ0v) is 13.0. The van der Waals surface area contributed by atoms with Crippen LogP contribution >= 0.6 is 27.5 Å². The molecule has 0 atom stereocenters. The largest absolute Gasteiger partial charge is 0.489 e. The Kier molecular flexibility index (Phi) is 4.86. The highest BCUT2D eigenvalue weighted by atomic mass is 79.9. The lowest BCUT2D eigenvalue weighted by Gasteiger charge is -2.10. The van der Waals surface area contributed by atoms with Gasteiger partial charge in [-0.3, -0.25) is 0 Å². The molecule has 0 heterocycles. The zero-order valence-electron chi connectivity index (χ0n) is 10.6. The molecule has 0 saturated carbocycles. The van der Waals surface area contributed by atoms with Crippen LogP contribution in [0.3, 0.4) is 0 Å². The van der Waals surface area contributed by atoms with Crippen molar-refractivity contribution in [3.63, 3.8) is 0 Å². The fourth-order valence-corrected chi connectivity index (χ4v) is 2.36. The van der Waals surface area contributed by atoms with Gasteiger partial charge in [-0.2, -0.15) is 0 Å². The molecule has 2 aromatic carbocycles. The minimum atomic E-state index is 0.506. The summed E-state index contributed by atoms with van der Waals surface area (Å²) in [6.45, 7) is 3.00. The maximum atomic E-state index is 5.98. The lowest BCUT2D eigenvalue weighted by Crippen LogP contribution is -2.00. The smallest absolute Gasteiger partial charge is 0.120 e. The van der Waals surface area contributed by atoms with Gasteiger partial charge in [0.1, 0.15) is 12.4 Å². The fraction of sp³-hybridized carbons (Fsp3) is 0.200. The van der Waals surface area contributed by atoms with E-state index >= 15 is 0 Å². The molecular weight excluding hydrogens is 326 g/mol. The van der Waals surface area contributed by atoms with Crippen LogP contribution < -0.4 is 10.5 Å². The first-order chi connectivity index (χ1) is 9.10. The molecule has 0 radical (unpaired) electrons. The van der Waals surface area contributed by atoms with Crippen molar-refractivity contribution in [1.29, 1.82) is 0 Å². The average Bonchev–Trinajstić information content (AvgIpc) is 2.41. The second-order valence-corrected chi connectivity index (χ2v) is 5.59. The van der Waals surface area contributed by atoms with Crippen LogP contribution in [0.4, 0.5) is 0 Å². The van der Waals surface area contributed by atoms with Crippen LogP contribution in [0.1, 0.15) is 16.7 Å². The van der Waals surface area contributed by atoms with Gasteiger partial charge in [-0.25, -0.2) is 0 Å². The van der Waals surface area contributed by atoms with Gasteiger partial charge in [0.15, 0.2) is 0 Å². The number of nitrogens with two attached hydrogens (primary N) is 1. The summed E-state index contributed by atoms with van der Waals surface area (Å²) in [4.78, 5) is 0. The second-order valence-electron chi connectivity index (χ2n) is 4.33. The summed E-state index contributed by atoms with van der Waals surface area (Å²) in [5.74, 6) is 0.816. The molecular formula is C15H15BrClNO. The molecule has 19 heavy (non-hydrogen) atoms. The molecule has 2 rings (SSSR count). The average molecular weight is 341 g/mol. The first-order valence-electron chi connectivity index (χ1n) is 5.96. The predicted octanol–water partition coefficient (Wildman–Crippen LogP) is 4.45. The van der Waals surface area contributed by atoms with E-state index in [-0.39, 0.29) is 0 Å². The van der Waals surface area contributed by atoms with Crippen molar-refractivity contribution in [2.45, 2.75) is 20.1 Å². The molecule has 2 N–H and O–H groups in total. The van der Waals surface area contributed by atoms with E-state index in [4.69, 9.17) is 22.1 Å². The SMILES string of the molecule is Cc1cc(OCc2ccc(CN)cc2Br)ccc1Cl. The standard InChI is InChI=1S/C15H15BrClNO/c1-10-6-13(4-5-15(10)17)19-9-12-3-2-11(8-18)7-14(12)16/h2-7H,8-9,18H2,1H3. The lowest BCUT2D eigenvalue weighted by molar-refractivity contribution is 0.305. The Hall–Kier alpha value is -1.03. The summed E-state index contributed by atoms with van der Waals surface area (Å²) in [7, 11) is 0. The Morgan fingerprint density at radius 1 is 1.21 bits per heavy atom. The van der Waals surface area contributed by atoms with Crippen molar-refractivity contribution < 1.29 is 4.74 Å². The number of aryl methyl sites for hydroxylation is 1. The summed E-state index contributed by atoms with van der Waals surface area (Å²) < 4.78 is 6.78. The molecule has 0 saturated heterocycles. The van der Waals surface area contributed by atoms with E-state index in [2.05, 4.69) is 15.9 Å². The van der Waals surface area contributed by atoms with E-state index in [1.807, 2.05) is 43.3 Å². The van der Waals surface area contributed by atoms with E-state index in [0.29, 0.717) is 13.2 Å². The molecule has 0 fully saturated rings. The number of rotatable bonds is 4. The van der Waals surface area contributed by atoms with Crippen molar-refractivity contribution in [3.8, 4) is 5.75 Å². The molecule has 2 nitrogen and oxygen atoms in total. The minimum absolute atomic E-state index is 0.506. The van der Waals surface area contributed by atoms with Crippen LogP contribution in [0, 0.1) is 6.92 Å². The molecule has 0 unspecified atom stereocenters. The van der Waals surface area contributed by atoms with Crippen LogP contribution in [0.15, 0.2) is 40.9 Å². The normalized spacial score (nSPS) is 10.5. The van der Waals surface area contributed by atoms with Crippen LogP contribution in [-0.4, -0.2) is 0 Å². The van der Waals surface area contributed by atoms with Gasteiger partial charge < -0.3 is 10.5 Å². The van der Waals surface area contributed by atoms with Gasteiger partial charge in [0.2, 0.25) is 0 Å². The van der Waals surface area contributed by atoms with E-state index in [1.54, 1.807) is 0 Å². The zero-order chi connectivity index (χ0) is 13.8. The summed E-state index contributed by atoms with van der Waals surface area (Å²) in [6.07, 6.45) is 0. The summed E-state index contributed by atoms with van der Waals surface area (Å²) >= 11 is 9.51. The highest BCUT2D eigenvalue weighted by Crippen LogP contribution is 2.24. The quantitative estimate of drug-likeness (QED) is 0.892. The molecule has 0 aromatic heterocycles. The molecule has 100 valence electrons. The number of halogens is 2. The molecule has 0 spiro atoms. The van der Waals surface area contributed by atoms with Gasteiger partial charge >= 0.3 is 0 Å². The fourth-order valence-electron chi connectivity index (χ4n) is 1.70. The van der Waals surface area contributed by atoms with Crippen LogP contribution in [-0.2, 0) is 13.2 Å². The number of hydrogen-bond acceptors (Lipinski definition) is 2. The van der Waals surface area contributed by atoms with Crippen LogP contribution in [0.5, 0.6) is 5.75 Å². The second kappa shape index (κ2) is 6.42. The Labute approximate surface area is 126 Å². The van der Waals surface area contributed by atoms with Crippen molar-refractivity contribution in [3.05, 3.63) is 62.6 Å². The molecule has 4 heteroatoms. The third-order valence-corrected chi connectivity index (χ3v) is 4.04. The van der Waals surface area contributed by atoms with E-state index in [9.17, 15) is 0 Å². The highest BCUT2D eigenvalue weighted by Gasteiger charge is 2.03. The van der Waals surface area contributed by atoms with Gasteiger partial charge in [-0.1, -0.05) is 39.7 Å². The topological polar surface area (TPSA) is 35.2 Å². The van der Waals surface area contributed by atoms with Gasteiger partial charge in [-0.15, -0.1) is 0 Å².